The lowest BCUT2D eigenvalue weighted by Crippen LogP contribution is -2.38. The number of nitrogens with zero attached hydrogens (tertiary/aromatic N) is 2. The van der Waals surface area contributed by atoms with Crippen LogP contribution in [0.15, 0.2) is 59.6 Å². The normalized spacial score (nSPS) is 14.2. The predicted molar refractivity (Wildman–Crippen MR) is 106 cm³/mol. The molecule has 1 aliphatic rings. The van der Waals surface area contributed by atoms with E-state index in [1.807, 2.05) is 36.4 Å². The van der Waals surface area contributed by atoms with Crippen LogP contribution in [0.3, 0.4) is 0 Å². The van der Waals surface area contributed by atoms with Gasteiger partial charge in [0, 0.05) is 21.9 Å². The molecule has 6 heteroatoms. The van der Waals surface area contributed by atoms with E-state index < -0.39 is 5.76 Å². The van der Waals surface area contributed by atoms with E-state index in [1.54, 1.807) is 12.1 Å². The summed E-state index contributed by atoms with van der Waals surface area (Å²) in [6.07, 6.45) is 6.68. The minimum Gasteiger partial charge on any atom is -0.227 e. The Morgan fingerprint density at radius 2 is 1.70 bits per heavy atom. The molecule has 0 saturated carbocycles. The summed E-state index contributed by atoms with van der Waals surface area (Å²) in [5.74, 6) is -1.14. The smallest absolute Gasteiger partial charge is 0.227 e. The van der Waals surface area contributed by atoms with Crippen molar-refractivity contribution in [1.82, 2.24) is 4.57 Å². The molecule has 0 atom stereocenters. The van der Waals surface area contributed by atoms with Crippen LogP contribution in [0.25, 0.3) is 16.9 Å². The number of hydrogen-bond donors (Lipinski definition) is 0. The van der Waals surface area contributed by atoms with Gasteiger partial charge in [0.1, 0.15) is 11.9 Å². The van der Waals surface area contributed by atoms with Crippen LogP contribution >= 0.6 is 23.4 Å². The van der Waals surface area contributed by atoms with E-state index >= 15 is 0 Å². The van der Waals surface area contributed by atoms with Crippen molar-refractivity contribution in [3.63, 3.8) is 0 Å². The molecule has 2 aromatic carbocycles. The van der Waals surface area contributed by atoms with Crippen molar-refractivity contribution in [2.75, 3.05) is 0 Å². The van der Waals surface area contributed by atoms with E-state index in [-0.39, 0.29) is 0 Å². The Labute approximate surface area is 166 Å². The van der Waals surface area contributed by atoms with Gasteiger partial charge in [0.2, 0.25) is 0 Å². The monoisotopic (exact) mass is 405 g/mol. The van der Waals surface area contributed by atoms with E-state index in [1.165, 1.54) is 12.2 Å². The molecule has 140 valence electrons. The minimum atomic E-state index is -2.40. The molecule has 1 aromatic heterocycles. The first-order valence-corrected chi connectivity index (χ1v) is 10.3. The summed E-state index contributed by atoms with van der Waals surface area (Å²) in [7, 11) is 0. The second-order valence-corrected chi connectivity index (χ2v) is 8.14. The third-order valence-corrected chi connectivity index (χ3v) is 5.87. The molecule has 0 N–H and O–H groups in total. The Morgan fingerprint density at radius 1 is 0.963 bits per heavy atom. The summed E-state index contributed by atoms with van der Waals surface area (Å²) in [5.41, 5.74) is 3.29. The molecule has 0 fully saturated rings. The lowest BCUT2D eigenvalue weighted by molar-refractivity contribution is -0.692. The van der Waals surface area contributed by atoms with Gasteiger partial charge >= 0.3 is 0 Å². The van der Waals surface area contributed by atoms with Crippen LogP contribution in [0, 0.1) is 0 Å². The lowest BCUT2D eigenvalue weighted by Gasteiger charge is -2.04. The Kier molecular flexibility index (Phi) is 5.50. The molecule has 27 heavy (non-hydrogen) atoms. The maximum Gasteiger partial charge on any atom is 0.288 e. The Morgan fingerprint density at radius 3 is 2.41 bits per heavy atom. The van der Waals surface area contributed by atoms with Gasteiger partial charge in [0.15, 0.2) is 5.69 Å². The molecule has 0 saturated heterocycles. The van der Waals surface area contributed by atoms with E-state index in [0.717, 1.165) is 47.8 Å². The molecule has 0 bridgehead atoms. The van der Waals surface area contributed by atoms with Gasteiger partial charge in [-0.3, -0.25) is 0 Å². The molecule has 2 heterocycles. The third-order valence-electron chi connectivity index (χ3n) is 4.89. The SMILES string of the molecule is FC(F)Sc1ccc(-n2cc(-c3ccc(Cl)cc3)[n+]3c2CCCCC3)cc1. The topological polar surface area (TPSA) is 8.81 Å². The number of thioether (sulfide) groups is 1. The second kappa shape index (κ2) is 8.03. The maximum atomic E-state index is 12.6. The number of halogens is 3. The summed E-state index contributed by atoms with van der Waals surface area (Å²) in [6.45, 7) is 0.986. The third kappa shape index (κ3) is 4.04. The maximum absolute atomic E-state index is 12.6. The number of alkyl halides is 2. The number of hydrogen-bond acceptors (Lipinski definition) is 1. The average molecular weight is 406 g/mol. The van der Waals surface area contributed by atoms with Gasteiger partial charge in [0.05, 0.1) is 6.54 Å². The van der Waals surface area contributed by atoms with Crippen molar-refractivity contribution in [3.8, 4) is 16.9 Å². The molecule has 2 nitrogen and oxygen atoms in total. The fraction of sp³-hybridized carbons (Fsp3) is 0.286. The second-order valence-electron chi connectivity index (χ2n) is 6.64. The number of imidazole rings is 1. The summed E-state index contributed by atoms with van der Waals surface area (Å²) in [5, 5.41) is 0.724. The van der Waals surface area contributed by atoms with Crippen molar-refractivity contribution < 1.29 is 13.3 Å². The zero-order chi connectivity index (χ0) is 18.8. The van der Waals surface area contributed by atoms with E-state index in [2.05, 4.69) is 15.3 Å². The van der Waals surface area contributed by atoms with Crippen LogP contribution < -0.4 is 4.57 Å². The van der Waals surface area contributed by atoms with E-state index in [9.17, 15) is 8.78 Å². The Bertz CT molecular complexity index is 921. The molecule has 0 amide bonds. The van der Waals surface area contributed by atoms with Crippen molar-refractivity contribution in [3.05, 3.63) is 65.6 Å². The molecular weight excluding hydrogens is 386 g/mol. The molecule has 4 rings (SSSR count). The summed E-state index contributed by atoms with van der Waals surface area (Å²) in [4.78, 5) is 0.581. The van der Waals surface area contributed by atoms with Gasteiger partial charge in [-0.2, -0.15) is 13.3 Å². The fourth-order valence-electron chi connectivity index (χ4n) is 3.63. The Hall–Kier alpha value is -1.85. The van der Waals surface area contributed by atoms with Gasteiger partial charge in [0.25, 0.3) is 11.6 Å². The van der Waals surface area contributed by atoms with Crippen LogP contribution in [0.5, 0.6) is 0 Å². The minimum absolute atomic E-state index is 0.578. The van der Waals surface area contributed by atoms with Crippen molar-refractivity contribution in [1.29, 1.82) is 0 Å². The van der Waals surface area contributed by atoms with Gasteiger partial charge in [-0.15, -0.1) is 0 Å². The van der Waals surface area contributed by atoms with Crippen LogP contribution in [-0.4, -0.2) is 10.3 Å². The van der Waals surface area contributed by atoms with Crippen molar-refractivity contribution >= 4 is 23.4 Å². The first-order valence-electron chi connectivity index (χ1n) is 9.07. The highest BCUT2D eigenvalue weighted by Crippen LogP contribution is 2.28. The first-order chi connectivity index (χ1) is 13.1. The molecule has 0 unspecified atom stereocenters. The van der Waals surface area contributed by atoms with Gasteiger partial charge in [-0.25, -0.2) is 4.57 Å². The fourth-order valence-corrected chi connectivity index (χ4v) is 4.26. The summed E-state index contributed by atoms with van der Waals surface area (Å²) in [6, 6.07) is 15.3. The summed E-state index contributed by atoms with van der Waals surface area (Å²) >= 11 is 6.63. The highest BCUT2D eigenvalue weighted by atomic mass is 35.5. The number of benzene rings is 2. The number of aromatic nitrogens is 2. The van der Waals surface area contributed by atoms with Crippen LogP contribution in [-0.2, 0) is 13.0 Å². The van der Waals surface area contributed by atoms with Gasteiger partial charge in [-0.05, 0) is 67.8 Å². The average Bonchev–Trinajstić information content (AvgIpc) is 2.84. The van der Waals surface area contributed by atoms with Crippen LogP contribution in [0.1, 0.15) is 25.1 Å². The highest BCUT2D eigenvalue weighted by molar-refractivity contribution is 7.99. The van der Waals surface area contributed by atoms with Crippen LogP contribution in [0.4, 0.5) is 8.78 Å². The molecule has 3 aromatic rings. The van der Waals surface area contributed by atoms with Gasteiger partial charge in [-0.1, -0.05) is 23.4 Å². The van der Waals surface area contributed by atoms with Crippen molar-refractivity contribution in [2.45, 2.75) is 42.9 Å². The molecule has 0 radical (unpaired) electrons. The molecule has 1 aliphatic heterocycles. The van der Waals surface area contributed by atoms with Crippen LogP contribution in [0.2, 0.25) is 5.02 Å². The predicted octanol–water partition coefficient (Wildman–Crippen LogP) is 6.13. The molecule has 0 aliphatic carbocycles. The Balaban J connectivity index is 1.77. The lowest BCUT2D eigenvalue weighted by atomic mass is 10.1. The number of fused-ring (bicyclic) bond motifs is 1. The largest absolute Gasteiger partial charge is 0.288 e. The summed E-state index contributed by atoms with van der Waals surface area (Å²) < 4.78 is 29.7. The first kappa shape index (κ1) is 18.5. The van der Waals surface area contributed by atoms with E-state index in [0.29, 0.717) is 16.7 Å². The van der Waals surface area contributed by atoms with Gasteiger partial charge < -0.3 is 0 Å². The molecular formula is C21H20ClF2N2S+. The number of rotatable bonds is 4. The standard InChI is InChI=1S/C21H20ClF2N2S/c22-16-7-5-15(6-8-16)19-14-26(20-4-2-1-3-13-25(19)20)17-9-11-18(12-10-17)27-21(23)24/h5-12,14,21H,1-4,13H2/q+1. The quantitative estimate of drug-likeness (QED) is 0.375. The highest BCUT2D eigenvalue weighted by Gasteiger charge is 2.26. The molecule has 0 spiro atoms. The van der Waals surface area contributed by atoms with Crippen molar-refractivity contribution in [2.24, 2.45) is 0 Å². The zero-order valence-corrected chi connectivity index (χ0v) is 16.3. The zero-order valence-electron chi connectivity index (χ0n) is 14.7. The van der Waals surface area contributed by atoms with E-state index in [4.69, 9.17) is 11.6 Å².